The van der Waals surface area contributed by atoms with Crippen molar-refractivity contribution in [2.24, 2.45) is 10.4 Å². The third-order valence-electron chi connectivity index (χ3n) is 2.66. The molecule has 0 fully saturated rings. The van der Waals surface area contributed by atoms with Gasteiger partial charge in [-0.3, -0.25) is 4.99 Å². The summed E-state index contributed by atoms with van der Waals surface area (Å²) < 4.78 is 0. The Balaban J connectivity index is 2.67. The van der Waals surface area contributed by atoms with Crippen LogP contribution >= 0.6 is 0 Å². The van der Waals surface area contributed by atoms with Crippen molar-refractivity contribution in [1.29, 1.82) is 0 Å². The largest absolute Gasteiger partial charge is 0.398 e. The van der Waals surface area contributed by atoms with Crippen molar-refractivity contribution in [3.8, 4) is 0 Å². The molecule has 1 aromatic carbocycles. The number of aryl methyl sites for hydroxylation is 1. The Kier molecular flexibility index (Phi) is 2.14. The number of rotatable bonds is 0. The summed E-state index contributed by atoms with van der Waals surface area (Å²) in [4.78, 5) is 4.53. The van der Waals surface area contributed by atoms with E-state index in [0.717, 1.165) is 22.5 Å². The summed E-state index contributed by atoms with van der Waals surface area (Å²) in [7, 11) is 0. The average Bonchev–Trinajstić information content (AvgIpc) is 2.32. The van der Waals surface area contributed by atoms with E-state index < -0.39 is 0 Å². The maximum atomic E-state index is 5.94. The molecule has 0 atom stereocenters. The van der Waals surface area contributed by atoms with Gasteiger partial charge >= 0.3 is 0 Å². The minimum Gasteiger partial charge on any atom is -0.398 e. The Morgan fingerprint density at radius 3 is 2.73 bits per heavy atom. The van der Waals surface area contributed by atoms with Crippen LogP contribution in [0, 0.1) is 12.3 Å². The molecule has 0 saturated carbocycles. The molecule has 1 heterocycles. The lowest BCUT2D eigenvalue weighted by atomic mass is 9.94. The van der Waals surface area contributed by atoms with Crippen LogP contribution < -0.4 is 5.73 Å². The van der Waals surface area contributed by atoms with E-state index in [2.05, 4.69) is 37.9 Å². The van der Waals surface area contributed by atoms with Crippen LogP contribution in [0.2, 0.25) is 0 Å². The van der Waals surface area contributed by atoms with Gasteiger partial charge in [0, 0.05) is 22.9 Å². The fourth-order valence-electron chi connectivity index (χ4n) is 1.65. The molecule has 2 nitrogen and oxygen atoms in total. The van der Waals surface area contributed by atoms with Crippen molar-refractivity contribution < 1.29 is 0 Å². The third-order valence-corrected chi connectivity index (χ3v) is 2.66. The summed E-state index contributed by atoms with van der Waals surface area (Å²) >= 11 is 0. The molecular formula is C13H16N2. The van der Waals surface area contributed by atoms with E-state index in [0.29, 0.717) is 0 Å². The highest BCUT2D eigenvalue weighted by Crippen LogP contribution is 2.34. The van der Waals surface area contributed by atoms with E-state index in [1.54, 1.807) is 0 Å². The molecule has 0 aliphatic carbocycles. The minimum atomic E-state index is -0.00208. The van der Waals surface area contributed by atoms with Gasteiger partial charge in [0.1, 0.15) is 0 Å². The highest BCUT2D eigenvalue weighted by atomic mass is 14.8. The molecule has 1 aromatic rings. The number of nitrogen functional groups attached to an aromatic ring is 1. The van der Waals surface area contributed by atoms with Gasteiger partial charge in [0.25, 0.3) is 0 Å². The van der Waals surface area contributed by atoms with Crippen LogP contribution in [0.15, 0.2) is 23.2 Å². The Morgan fingerprint density at radius 2 is 2.00 bits per heavy atom. The maximum absolute atomic E-state index is 5.94. The first-order valence-corrected chi connectivity index (χ1v) is 5.13. The second-order valence-corrected chi connectivity index (χ2v) is 4.65. The first-order valence-electron chi connectivity index (χ1n) is 5.13. The third kappa shape index (κ3) is 1.80. The van der Waals surface area contributed by atoms with Gasteiger partial charge in [-0.2, -0.15) is 0 Å². The molecule has 1 aliphatic heterocycles. The number of nitrogens with zero attached hydrogens (tertiary/aromatic N) is 1. The minimum absolute atomic E-state index is 0.00208. The van der Waals surface area contributed by atoms with Crippen LogP contribution in [0.4, 0.5) is 11.4 Å². The van der Waals surface area contributed by atoms with Crippen LogP contribution in [0.3, 0.4) is 0 Å². The van der Waals surface area contributed by atoms with E-state index in [1.807, 2.05) is 18.3 Å². The maximum Gasteiger partial charge on any atom is 0.0748 e. The smallest absolute Gasteiger partial charge is 0.0748 e. The number of aliphatic imine (C=N–C) groups is 1. The second-order valence-electron chi connectivity index (χ2n) is 4.65. The first kappa shape index (κ1) is 9.97. The highest BCUT2D eigenvalue weighted by molar-refractivity contribution is 5.85. The Bertz CT molecular complexity index is 413. The number of allylic oxidation sites excluding steroid dienone is 1. The van der Waals surface area contributed by atoms with Crippen molar-refractivity contribution in [2.75, 3.05) is 5.73 Å². The summed E-state index contributed by atoms with van der Waals surface area (Å²) in [5, 5.41) is 0. The van der Waals surface area contributed by atoms with Crippen LogP contribution in [0.1, 0.15) is 25.0 Å². The summed E-state index contributed by atoms with van der Waals surface area (Å²) in [6.07, 6.45) is 6.19. The molecule has 78 valence electrons. The molecule has 0 amide bonds. The summed E-state index contributed by atoms with van der Waals surface area (Å²) in [5.41, 5.74) is 9.93. The van der Waals surface area contributed by atoms with E-state index in [-0.39, 0.29) is 5.41 Å². The predicted octanol–water partition coefficient (Wildman–Crippen LogP) is 3.33. The lowest BCUT2D eigenvalue weighted by Gasteiger charge is -2.10. The van der Waals surface area contributed by atoms with E-state index in [1.165, 1.54) is 0 Å². The molecule has 0 bridgehead atoms. The van der Waals surface area contributed by atoms with Crippen molar-refractivity contribution in [3.63, 3.8) is 0 Å². The summed E-state index contributed by atoms with van der Waals surface area (Å²) in [6, 6.07) is 3.95. The summed E-state index contributed by atoms with van der Waals surface area (Å²) in [5.74, 6) is 0. The Morgan fingerprint density at radius 1 is 1.27 bits per heavy atom. The van der Waals surface area contributed by atoms with Gasteiger partial charge in [0.15, 0.2) is 0 Å². The second kappa shape index (κ2) is 3.23. The molecule has 2 N–H and O–H groups in total. The molecule has 0 unspecified atom stereocenters. The fourth-order valence-corrected chi connectivity index (χ4v) is 1.65. The van der Waals surface area contributed by atoms with Crippen LogP contribution in [0.5, 0.6) is 0 Å². The zero-order valence-electron chi connectivity index (χ0n) is 9.41. The van der Waals surface area contributed by atoms with Gasteiger partial charge in [-0.05, 0) is 18.6 Å². The first-order chi connectivity index (χ1) is 6.99. The highest BCUT2D eigenvalue weighted by Gasteiger charge is 2.15. The number of anilines is 1. The van der Waals surface area contributed by atoms with Crippen molar-refractivity contribution in [3.05, 3.63) is 29.3 Å². The van der Waals surface area contributed by atoms with Gasteiger partial charge in [0.05, 0.1) is 5.69 Å². The molecule has 15 heavy (non-hydrogen) atoms. The van der Waals surface area contributed by atoms with Crippen LogP contribution in [-0.4, -0.2) is 6.21 Å². The van der Waals surface area contributed by atoms with Crippen molar-refractivity contribution >= 4 is 23.7 Å². The van der Waals surface area contributed by atoms with Gasteiger partial charge in [0.2, 0.25) is 0 Å². The fraction of sp³-hybridized carbons (Fsp3) is 0.308. The zero-order chi connectivity index (χ0) is 11.1. The van der Waals surface area contributed by atoms with Gasteiger partial charge in [-0.25, -0.2) is 0 Å². The standard InChI is InChI=1S/C13H16N2/c1-9-4-5-11(14)10-6-7-13(2,3)8-15-12(9)10/h4-8H,14H2,1-3H3. The zero-order valence-corrected chi connectivity index (χ0v) is 9.41. The normalized spacial score (nSPS) is 17.3. The molecule has 2 rings (SSSR count). The topological polar surface area (TPSA) is 38.4 Å². The van der Waals surface area contributed by atoms with E-state index in [4.69, 9.17) is 5.73 Å². The number of fused-ring (bicyclic) bond motifs is 1. The SMILES string of the molecule is Cc1ccc(N)c2c1N=CC(C)(C)C=C2. The molecule has 2 heteroatoms. The van der Waals surface area contributed by atoms with E-state index in [9.17, 15) is 0 Å². The van der Waals surface area contributed by atoms with Crippen LogP contribution in [0.25, 0.3) is 6.08 Å². The lowest BCUT2D eigenvalue weighted by Crippen LogP contribution is -2.07. The summed E-state index contributed by atoms with van der Waals surface area (Å²) in [6.45, 7) is 6.32. The quantitative estimate of drug-likeness (QED) is 0.641. The molecule has 0 radical (unpaired) electrons. The predicted molar refractivity (Wildman–Crippen MR) is 66.6 cm³/mol. The monoisotopic (exact) mass is 200 g/mol. The van der Waals surface area contributed by atoms with Crippen molar-refractivity contribution in [1.82, 2.24) is 0 Å². The number of nitrogens with two attached hydrogens (primary N) is 1. The van der Waals surface area contributed by atoms with Gasteiger partial charge < -0.3 is 5.73 Å². The van der Waals surface area contributed by atoms with Gasteiger partial charge in [-0.1, -0.05) is 32.1 Å². The van der Waals surface area contributed by atoms with E-state index >= 15 is 0 Å². The lowest BCUT2D eigenvalue weighted by molar-refractivity contribution is 0.699. The van der Waals surface area contributed by atoms with Crippen LogP contribution in [-0.2, 0) is 0 Å². The van der Waals surface area contributed by atoms with Crippen molar-refractivity contribution in [2.45, 2.75) is 20.8 Å². The van der Waals surface area contributed by atoms with Gasteiger partial charge in [-0.15, -0.1) is 0 Å². The number of hydrogen-bond donors (Lipinski definition) is 1. The number of benzene rings is 1. The molecule has 0 aromatic heterocycles. The molecule has 1 aliphatic rings. The molecule has 0 saturated heterocycles. The number of hydrogen-bond acceptors (Lipinski definition) is 2. The Labute approximate surface area is 90.5 Å². The molecule has 0 spiro atoms. The molecular weight excluding hydrogens is 184 g/mol. The average molecular weight is 200 g/mol. The Hall–Kier alpha value is -1.57.